The van der Waals surface area contributed by atoms with Crippen molar-refractivity contribution in [3.8, 4) is 5.75 Å². The lowest BCUT2D eigenvalue weighted by Crippen LogP contribution is -2.05. The van der Waals surface area contributed by atoms with Crippen LogP contribution >= 0.6 is 22.6 Å². The third-order valence-electron chi connectivity index (χ3n) is 2.65. The molecule has 0 saturated carbocycles. The van der Waals surface area contributed by atoms with Crippen molar-refractivity contribution in [2.75, 3.05) is 7.11 Å². The van der Waals surface area contributed by atoms with Gasteiger partial charge in [-0.05, 0) is 47.2 Å². The Kier molecular flexibility index (Phi) is 3.96. The Hall–Kier alpha value is -1.43. The lowest BCUT2D eigenvalue weighted by atomic mass is 10.0. The number of ether oxygens (including phenoxy) is 1. The number of nitrogens with zero attached hydrogens (tertiary/aromatic N) is 1. The number of methoxy groups -OCH3 is 1. The molecule has 0 N–H and O–H groups in total. The molecular weight excluding hydrogens is 341 g/mol. The van der Waals surface area contributed by atoms with Crippen molar-refractivity contribution in [2.24, 2.45) is 0 Å². The largest absolute Gasteiger partial charge is 0.495 e. The number of aromatic nitrogens is 1. The van der Waals surface area contributed by atoms with Gasteiger partial charge in [0.05, 0.1) is 13.3 Å². The monoisotopic (exact) mass is 353 g/mol. The van der Waals surface area contributed by atoms with Crippen LogP contribution in [0.3, 0.4) is 0 Å². The average Bonchev–Trinajstić information content (AvgIpc) is 2.41. The van der Waals surface area contributed by atoms with E-state index in [0.717, 1.165) is 9.13 Å². The molecule has 0 saturated heterocycles. The van der Waals surface area contributed by atoms with Crippen LogP contribution < -0.4 is 4.74 Å². The van der Waals surface area contributed by atoms with Crippen LogP contribution in [-0.2, 0) is 0 Å². The molecule has 0 aliphatic rings. The normalized spacial score (nSPS) is 10.2. The molecule has 0 fully saturated rings. The highest BCUT2D eigenvalue weighted by Crippen LogP contribution is 2.21. The fraction of sp³-hybridized carbons (Fsp3) is 0.143. The number of hydrogen-bond donors (Lipinski definition) is 0. The Morgan fingerprint density at radius 3 is 2.83 bits per heavy atom. The topological polar surface area (TPSA) is 39.2 Å². The molecule has 2 rings (SSSR count). The molecule has 18 heavy (non-hydrogen) atoms. The number of ketones is 1. The lowest BCUT2D eigenvalue weighted by molar-refractivity contribution is 0.103. The predicted molar refractivity (Wildman–Crippen MR) is 78.1 cm³/mol. The lowest BCUT2D eigenvalue weighted by Gasteiger charge is -2.07. The highest BCUT2D eigenvalue weighted by atomic mass is 127. The Balaban J connectivity index is 2.44. The second kappa shape index (κ2) is 5.48. The van der Waals surface area contributed by atoms with Gasteiger partial charge in [0.1, 0.15) is 5.75 Å². The first-order valence-corrected chi connectivity index (χ1v) is 6.50. The van der Waals surface area contributed by atoms with Crippen LogP contribution in [0, 0.1) is 10.5 Å². The van der Waals surface area contributed by atoms with E-state index in [9.17, 15) is 4.79 Å². The summed E-state index contributed by atoms with van der Waals surface area (Å²) in [5.41, 5.74) is 2.33. The van der Waals surface area contributed by atoms with Crippen molar-refractivity contribution in [3.63, 3.8) is 0 Å². The minimum Gasteiger partial charge on any atom is -0.495 e. The smallest absolute Gasteiger partial charge is 0.195 e. The summed E-state index contributed by atoms with van der Waals surface area (Å²) >= 11 is 2.19. The molecule has 1 aromatic heterocycles. The SMILES string of the molecule is COc1cncc(C(=O)c2cccc(C)c2I)c1. The highest BCUT2D eigenvalue weighted by Gasteiger charge is 2.14. The van der Waals surface area contributed by atoms with Crippen molar-refractivity contribution in [1.82, 2.24) is 4.98 Å². The van der Waals surface area contributed by atoms with Crippen molar-refractivity contribution in [2.45, 2.75) is 6.92 Å². The molecule has 0 aliphatic carbocycles. The van der Waals surface area contributed by atoms with Crippen LogP contribution in [0.15, 0.2) is 36.7 Å². The summed E-state index contributed by atoms with van der Waals surface area (Å²) in [6, 6.07) is 7.41. The Bertz CT molecular complexity index is 596. The fourth-order valence-corrected chi connectivity index (χ4v) is 2.24. The summed E-state index contributed by atoms with van der Waals surface area (Å²) in [6.45, 7) is 1.99. The van der Waals surface area contributed by atoms with Crippen molar-refractivity contribution >= 4 is 28.4 Å². The average molecular weight is 353 g/mol. The fourth-order valence-electron chi connectivity index (χ4n) is 1.63. The third-order valence-corrected chi connectivity index (χ3v) is 4.08. The molecule has 0 amide bonds. The van der Waals surface area contributed by atoms with Gasteiger partial charge in [-0.3, -0.25) is 9.78 Å². The van der Waals surface area contributed by atoms with Gasteiger partial charge in [-0.25, -0.2) is 0 Å². The predicted octanol–water partition coefficient (Wildman–Crippen LogP) is 3.23. The van der Waals surface area contributed by atoms with Crippen LogP contribution in [0.4, 0.5) is 0 Å². The summed E-state index contributed by atoms with van der Waals surface area (Å²) in [5, 5.41) is 0. The summed E-state index contributed by atoms with van der Waals surface area (Å²) in [4.78, 5) is 16.4. The summed E-state index contributed by atoms with van der Waals surface area (Å²) < 4.78 is 6.05. The number of carbonyl (C=O) groups is 1. The number of halogens is 1. The van der Waals surface area contributed by atoms with Gasteiger partial charge in [0.2, 0.25) is 0 Å². The van der Waals surface area contributed by atoms with Gasteiger partial charge in [-0.2, -0.15) is 0 Å². The van der Waals surface area contributed by atoms with Crippen LogP contribution in [0.25, 0.3) is 0 Å². The van der Waals surface area contributed by atoms with E-state index >= 15 is 0 Å². The molecule has 92 valence electrons. The number of aryl methyl sites for hydroxylation is 1. The van der Waals surface area contributed by atoms with Crippen LogP contribution in [0.2, 0.25) is 0 Å². The van der Waals surface area contributed by atoms with Gasteiger partial charge in [-0.15, -0.1) is 0 Å². The second-order valence-corrected chi connectivity index (χ2v) is 4.96. The van der Waals surface area contributed by atoms with E-state index in [-0.39, 0.29) is 5.78 Å². The molecule has 0 bridgehead atoms. The van der Waals surface area contributed by atoms with E-state index in [2.05, 4.69) is 27.6 Å². The molecular formula is C14H12INO2. The van der Waals surface area contributed by atoms with Gasteiger partial charge in [-0.1, -0.05) is 12.1 Å². The maximum absolute atomic E-state index is 12.4. The molecule has 0 unspecified atom stereocenters. The number of benzene rings is 1. The van der Waals surface area contributed by atoms with E-state index in [4.69, 9.17) is 4.74 Å². The van der Waals surface area contributed by atoms with E-state index < -0.39 is 0 Å². The molecule has 4 heteroatoms. The van der Waals surface area contributed by atoms with E-state index in [1.54, 1.807) is 25.6 Å². The van der Waals surface area contributed by atoms with Crippen molar-refractivity contribution < 1.29 is 9.53 Å². The first-order chi connectivity index (χ1) is 8.63. The summed E-state index contributed by atoms with van der Waals surface area (Å²) in [7, 11) is 1.56. The first-order valence-electron chi connectivity index (χ1n) is 5.42. The zero-order valence-corrected chi connectivity index (χ0v) is 12.3. The molecule has 2 aromatic rings. The van der Waals surface area contributed by atoms with Gasteiger partial charge in [0, 0.05) is 20.9 Å². The minimum atomic E-state index is -0.0329. The van der Waals surface area contributed by atoms with Gasteiger partial charge in [0.15, 0.2) is 5.78 Å². The third kappa shape index (κ3) is 2.53. The molecule has 0 spiro atoms. The van der Waals surface area contributed by atoms with Crippen LogP contribution in [0.1, 0.15) is 21.5 Å². The van der Waals surface area contributed by atoms with Crippen molar-refractivity contribution in [1.29, 1.82) is 0 Å². The number of carbonyl (C=O) groups excluding carboxylic acids is 1. The van der Waals surface area contributed by atoms with Gasteiger partial charge < -0.3 is 4.74 Å². The number of pyridine rings is 1. The van der Waals surface area contributed by atoms with Crippen LogP contribution in [0.5, 0.6) is 5.75 Å². The zero-order valence-electron chi connectivity index (χ0n) is 10.1. The maximum atomic E-state index is 12.4. The molecule has 3 nitrogen and oxygen atoms in total. The van der Waals surface area contributed by atoms with Crippen LogP contribution in [-0.4, -0.2) is 17.9 Å². The molecule has 0 aliphatic heterocycles. The van der Waals surface area contributed by atoms with Gasteiger partial charge in [0.25, 0.3) is 0 Å². The van der Waals surface area contributed by atoms with Gasteiger partial charge >= 0.3 is 0 Å². The molecule has 1 heterocycles. The standard InChI is InChI=1S/C14H12INO2/c1-9-4-3-5-12(13(9)15)14(17)10-6-11(18-2)8-16-7-10/h3-8H,1-2H3. The van der Waals surface area contributed by atoms with Crippen molar-refractivity contribution in [3.05, 3.63) is 56.9 Å². The molecule has 1 aromatic carbocycles. The zero-order chi connectivity index (χ0) is 13.1. The quantitative estimate of drug-likeness (QED) is 0.628. The summed E-state index contributed by atoms with van der Waals surface area (Å²) in [5.74, 6) is 0.554. The number of rotatable bonds is 3. The highest BCUT2D eigenvalue weighted by molar-refractivity contribution is 14.1. The van der Waals surface area contributed by atoms with E-state index in [1.165, 1.54) is 0 Å². The van der Waals surface area contributed by atoms with E-state index in [0.29, 0.717) is 16.9 Å². The maximum Gasteiger partial charge on any atom is 0.195 e. The second-order valence-electron chi connectivity index (χ2n) is 3.88. The molecule has 0 atom stereocenters. The Morgan fingerprint density at radius 1 is 1.33 bits per heavy atom. The molecule has 0 radical (unpaired) electrons. The number of hydrogen-bond acceptors (Lipinski definition) is 3. The Morgan fingerprint density at radius 2 is 2.11 bits per heavy atom. The first kappa shape index (κ1) is 13.0. The minimum absolute atomic E-state index is 0.0329. The summed E-state index contributed by atoms with van der Waals surface area (Å²) in [6.07, 6.45) is 3.14. The Labute approximate surface area is 119 Å². The van der Waals surface area contributed by atoms with E-state index in [1.807, 2.05) is 25.1 Å².